The normalized spacial score (nSPS) is 13.3. The number of para-hydroxylation sites is 1. The Labute approximate surface area is 93.2 Å². The number of benzene rings is 1. The summed E-state index contributed by atoms with van der Waals surface area (Å²) in [6, 6.07) is 5.71. The quantitative estimate of drug-likeness (QED) is 0.872. The molecular weight excluding hydrogens is 212 g/mol. The maximum Gasteiger partial charge on any atom is 0.195 e. The lowest BCUT2D eigenvalue weighted by atomic mass is 10.2. The number of hydrogen-bond acceptors (Lipinski definition) is 3. The molecule has 2 rings (SSSR count). The van der Waals surface area contributed by atoms with Crippen LogP contribution in [0.2, 0.25) is 5.02 Å². The Morgan fingerprint density at radius 2 is 2.33 bits per heavy atom. The molecule has 3 nitrogen and oxygen atoms in total. The number of hydrogen-bond donors (Lipinski definition) is 1. The summed E-state index contributed by atoms with van der Waals surface area (Å²) in [5, 5.41) is 0.604. The molecule has 0 spiro atoms. The van der Waals surface area contributed by atoms with E-state index in [0.29, 0.717) is 16.5 Å². The Hall–Kier alpha value is -1.06. The average Bonchev–Trinajstić information content (AvgIpc) is 2.59. The van der Waals surface area contributed by atoms with Gasteiger partial charge in [0.15, 0.2) is 11.5 Å². The zero-order valence-corrected chi connectivity index (χ0v) is 9.29. The summed E-state index contributed by atoms with van der Waals surface area (Å²) < 4.78 is 5.55. The summed E-state index contributed by atoms with van der Waals surface area (Å²) in [5.41, 5.74) is 7.14. The second kappa shape index (κ2) is 4.21. The standard InChI is InChI=1S/C11H13ClN2O/c1-7(13)5-6-10-14-9-4-2-3-8(12)11(9)15-10/h2-4,7H,5-6,13H2,1H3. The minimum atomic E-state index is 0.162. The molecule has 0 amide bonds. The third-order valence-electron chi connectivity index (χ3n) is 2.22. The number of fused-ring (bicyclic) bond motifs is 1. The maximum atomic E-state index is 5.97. The molecular formula is C11H13ClN2O. The van der Waals surface area contributed by atoms with Gasteiger partial charge in [-0.25, -0.2) is 4.98 Å². The van der Waals surface area contributed by atoms with Gasteiger partial charge in [-0.2, -0.15) is 0 Å². The Balaban J connectivity index is 2.27. The molecule has 0 aliphatic heterocycles. The van der Waals surface area contributed by atoms with Crippen LogP contribution in [-0.4, -0.2) is 11.0 Å². The van der Waals surface area contributed by atoms with Crippen LogP contribution in [0.4, 0.5) is 0 Å². The van der Waals surface area contributed by atoms with E-state index in [1.165, 1.54) is 0 Å². The molecule has 0 aliphatic carbocycles. The number of rotatable bonds is 3. The topological polar surface area (TPSA) is 52.0 Å². The monoisotopic (exact) mass is 224 g/mol. The van der Waals surface area contributed by atoms with E-state index in [1.807, 2.05) is 19.1 Å². The van der Waals surface area contributed by atoms with Gasteiger partial charge in [-0.1, -0.05) is 17.7 Å². The van der Waals surface area contributed by atoms with Crippen molar-refractivity contribution in [3.8, 4) is 0 Å². The lowest BCUT2D eigenvalue weighted by Gasteiger charge is -1.99. The molecule has 2 aromatic rings. The van der Waals surface area contributed by atoms with Gasteiger partial charge in [0.25, 0.3) is 0 Å². The lowest BCUT2D eigenvalue weighted by Crippen LogP contribution is -2.15. The van der Waals surface area contributed by atoms with E-state index in [9.17, 15) is 0 Å². The van der Waals surface area contributed by atoms with Crippen molar-refractivity contribution in [1.29, 1.82) is 0 Å². The third-order valence-corrected chi connectivity index (χ3v) is 2.52. The van der Waals surface area contributed by atoms with Gasteiger partial charge in [0, 0.05) is 12.5 Å². The SMILES string of the molecule is CC(N)CCc1nc2cccc(Cl)c2o1. The fourth-order valence-electron chi connectivity index (χ4n) is 1.42. The fraction of sp³-hybridized carbons (Fsp3) is 0.364. The molecule has 1 aromatic carbocycles. The minimum absolute atomic E-state index is 0.162. The van der Waals surface area contributed by atoms with E-state index in [1.54, 1.807) is 6.07 Å². The van der Waals surface area contributed by atoms with Gasteiger partial charge >= 0.3 is 0 Å². The van der Waals surface area contributed by atoms with Crippen LogP contribution in [0.15, 0.2) is 22.6 Å². The summed E-state index contributed by atoms with van der Waals surface area (Å²) >= 11 is 5.97. The van der Waals surface area contributed by atoms with Crippen LogP contribution in [-0.2, 0) is 6.42 Å². The maximum absolute atomic E-state index is 5.97. The molecule has 0 aliphatic rings. The van der Waals surface area contributed by atoms with Gasteiger partial charge in [0.1, 0.15) is 5.52 Å². The molecule has 1 atom stereocenters. The highest BCUT2D eigenvalue weighted by Gasteiger charge is 2.08. The van der Waals surface area contributed by atoms with Gasteiger partial charge in [-0.15, -0.1) is 0 Å². The molecule has 4 heteroatoms. The zero-order chi connectivity index (χ0) is 10.8. The van der Waals surface area contributed by atoms with Crippen LogP contribution in [0, 0.1) is 0 Å². The van der Waals surface area contributed by atoms with Crippen LogP contribution in [0.3, 0.4) is 0 Å². The van der Waals surface area contributed by atoms with E-state index >= 15 is 0 Å². The first kappa shape index (κ1) is 10.5. The first-order chi connectivity index (χ1) is 7.16. The van der Waals surface area contributed by atoms with Gasteiger partial charge in [0.05, 0.1) is 5.02 Å². The van der Waals surface area contributed by atoms with Gasteiger partial charge in [-0.3, -0.25) is 0 Å². The van der Waals surface area contributed by atoms with Crippen molar-refractivity contribution in [2.75, 3.05) is 0 Å². The Bertz CT molecular complexity index is 465. The highest BCUT2D eigenvalue weighted by molar-refractivity contribution is 6.34. The van der Waals surface area contributed by atoms with E-state index in [0.717, 1.165) is 18.4 Å². The Morgan fingerprint density at radius 1 is 1.53 bits per heavy atom. The number of halogens is 1. The molecule has 0 saturated carbocycles. The smallest absolute Gasteiger partial charge is 0.195 e. The van der Waals surface area contributed by atoms with Gasteiger partial charge in [-0.05, 0) is 25.5 Å². The molecule has 0 bridgehead atoms. The van der Waals surface area contributed by atoms with E-state index in [-0.39, 0.29) is 6.04 Å². The lowest BCUT2D eigenvalue weighted by molar-refractivity contribution is 0.504. The molecule has 80 valence electrons. The van der Waals surface area contributed by atoms with E-state index in [2.05, 4.69) is 4.98 Å². The molecule has 1 unspecified atom stereocenters. The molecule has 1 heterocycles. The second-order valence-electron chi connectivity index (χ2n) is 3.71. The van der Waals surface area contributed by atoms with Crippen molar-refractivity contribution in [2.24, 2.45) is 5.73 Å². The number of nitrogens with two attached hydrogens (primary N) is 1. The number of aryl methyl sites for hydroxylation is 1. The molecule has 15 heavy (non-hydrogen) atoms. The molecule has 0 saturated heterocycles. The predicted molar refractivity (Wildman–Crippen MR) is 61.0 cm³/mol. The highest BCUT2D eigenvalue weighted by atomic mass is 35.5. The molecule has 1 aromatic heterocycles. The van der Waals surface area contributed by atoms with Crippen molar-refractivity contribution in [3.63, 3.8) is 0 Å². The summed E-state index contributed by atoms with van der Waals surface area (Å²) in [4.78, 5) is 4.34. The van der Waals surface area contributed by atoms with Gasteiger partial charge in [0.2, 0.25) is 0 Å². The molecule has 0 fully saturated rings. The van der Waals surface area contributed by atoms with Gasteiger partial charge < -0.3 is 10.2 Å². The number of nitrogens with zero attached hydrogens (tertiary/aromatic N) is 1. The van der Waals surface area contributed by atoms with Crippen LogP contribution < -0.4 is 5.73 Å². The Morgan fingerprint density at radius 3 is 3.00 bits per heavy atom. The van der Waals surface area contributed by atoms with Crippen LogP contribution in [0.25, 0.3) is 11.1 Å². The third kappa shape index (κ3) is 2.30. The predicted octanol–water partition coefficient (Wildman–Crippen LogP) is 2.76. The summed E-state index contributed by atoms with van der Waals surface area (Å²) in [6.07, 6.45) is 1.62. The summed E-state index contributed by atoms with van der Waals surface area (Å²) in [7, 11) is 0. The fourth-order valence-corrected chi connectivity index (χ4v) is 1.63. The second-order valence-corrected chi connectivity index (χ2v) is 4.12. The molecule has 0 radical (unpaired) electrons. The van der Waals surface area contributed by atoms with Crippen LogP contribution in [0.1, 0.15) is 19.2 Å². The highest BCUT2D eigenvalue weighted by Crippen LogP contribution is 2.24. The summed E-state index contributed by atoms with van der Waals surface area (Å²) in [6.45, 7) is 1.97. The number of aromatic nitrogens is 1. The van der Waals surface area contributed by atoms with Crippen molar-refractivity contribution < 1.29 is 4.42 Å². The van der Waals surface area contributed by atoms with E-state index < -0.39 is 0 Å². The first-order valence-electron chi connectivity index (χ1n) is 4.96. The van der Waals surface area contributed by atoms with Crippen LogP contribution >= 0.6 is 11.6 Å². The van der Waals surface area contributed by atoms with Crippen molar-refractivity contribution in [2.45, 2.75) is 25.8 Å². The van der Waals surface area contributed by atoms with Crippen LogP contribution in [0.5, 0.6) is 0 Å². The minimum Gasteiger partial charge on any atom is -0.439 e. The summed E-state index contributed by atoms with van der Waals surface area (Å²) in [5.74, 6) is 0.704. The zero-order valence-electron chi connectivity index (χ0n) is 8.53. The van der Waals surface area contributed by atoms with Crippen molar-refractivity contribution in [1.82, 2.24) is 4.98 Å². The van der Waals surface area contributed by atoms with E-state index in [4.69, 9.17) is 21.8 Å². The average molecular weight is 225 g/mol. The number of oxazole rings is 1. The van der Waals surface area contributed by atoms with Crippen molar-refractivity contribution >= 4 is 22.7 Å². The first-order valence-corrected chi connectivity index (χ1v) is 5.34. The largest absolute Gasteiger partial charge is 0.439 e. The molecule has 2 N–H and O–H groups in total. The van der Waals surface area contributed by atoms with Crippen molar-refractivity contribution in [3.05, 3.63) is 29.1 Å². The Kier molecular flexibility index (Phi) is 2.93.